The Morgan fingerprint density at radius 3 is 2.75 bits per heavy atom. The summed E-state index contributed by atoms with van der Waals surface area (Å²) in [7, 11) is 0. The number of aromatic carboxylic acids is 1. The predicted octanol–water partition coefficient (Wildman–Crippen LogP) is 3.34. The van der Waals surface area contributed by atoms with Crippen LogP contribution in [-0.2, 0) is 6.61 Å². The van der Waals surface area contributed by atoms with Crippen molar-refractivity contribution in [2.24, 2.45) is 0 Å². The van der Waals surface area contributed by atoms with Gasteiger partial charge in [-0.1, -0.05) is 23.7 Å². The van der Waals surface area contributed by atoms with Crippen LogP contribution < -0.4 is 10.5 Å². The molecule has 3 N–H and O–H groups in total. The first-order chi connectivity index (χ1) is 9.47. The lowest BCUT2D eigenvalue weighted by molar-refractivity contribution is 0.0692. The van der Waals surface area contributed by atoms with Crippen LogP contribution in [0, 0.1) is 5.82 Å². The Morgan fingerprint density at radius 2 is 2.10 bits per heavy atom. The molecule has 0 aliphatic rings. The van der Waals surface area contributed by atoms with Crippen molar-refractivity contribution in [2.75, 3.05) is 5.73 Å². The van der Waals surface area contributed by atoms with E-state index < -0.39 is 17.3 Å². The molecule has 2 aromatic carbocycles. The van der Waals surface area contributed by atoms with E-state index in [0.29, 0.717) is 5.02 Å². The van der Waals surface area contributed by atoms with E-state index in [1.54, 1.807) is 24.3 Å². The molecular weight excluding hydrogens is 285 g/mol. The summed E-state index contributed by atoms with van der Waals surface area (Å²) in [5.41, 5.74) is 6.00. The maximum Gasteiger partial charge on any atom is 0.338 e. The zero-order chi connectivity index (χ0) is 14.7. The van der Waals surface area contributed by atoms with Crippen LogP contribution in [0.15, 0.2) is 36.4 Å². The molecule has 0 spiro atoms. The highest BCUT2D eigenvalue weighted by Gasteiger charge is 2.14. The molecule has 0 bridgehead atoms. The van der Waals surface area contributed by atoms with Gasteiger partial charge in [-0.25, -0.2) is 9.18 Å². The summed E-state index contributed by atoms with van der Waals surface area (Å²) in [5.74, 6) is -2.18. The number of benzene rings is 2. The Labute approximate surface area is 119 Å². The lowest BCUT2D eigenvalue weighted by Crippen LogP contribution is -2.05. The van der Waals surface area contributed by atoms with Crippen molar-refractivity contribution < 1.29 is 19.0 Å². The molecule has 0 atom stereocenters. The van der Waals surface area contributed by atoms with Crippen molar-refractivity contribution in [1.82, 2.24) is 0 Å². The van der Waals surface area contributed by atoms with Gasteiger partial charge in [0, 0.05) is 11.1 Å². The third-order valence-corrected chi connectivity index (χ3v) is 2.85. The number of nitrogens with two attached hydrogens (primary N) is 1. The molecule has 0 heterocycles. The van der Waals surface area contributed by atoms with E-state index in [1.165, 1.54) is 0 Å². The number of ether oxygens (including phenoxy) is 1. The first-order valence-corrected chi connectivity index (χ1v) is 6.04. The summed E-state index contributed by atoms with van der Waals surface area (Å²) in [4.78, 5) is 10.8. The maximum atomic E-state index is 13.5. The van der Waals surface area contributed by atoms with Crippen LogP contribution in [0.4, 0.5) is 10.1 Å². The van der Waals surface area contributed by atoms with Crippen molar-refractivity contribution in [3.8, 4) is 5.75 Å². The monoisotopic (exact) mass is 295 g/mol. The Bertz CT molecular complexity index is 661. The van der Waals surface area contributed by atoms with Crippen LogP contribution in [0.1, 0.15) is 15.9 Å². The molecule has 0 aromatic heterocycles. The van der Waals surface area contributed by atoms with Gasteiger partial charge in [0.2, 0.25) is 0 Å². The second-order valence-electron chi connectivity index (χ2n) is 4.09. The van der Waals surface area contributed by atoms with E-state index in [4.69, 9.17) is 27.2 Å². The van der Waals surface area contributed by atoms with E-state index in [9.17, 15) is 9.18 Å². The Hall–Kier alpha value is -2.27. The van der Waals surface area contributed by atoms with Crippen LogP contribution in [0.5, 0.6) is 5.75 Å². The summed E-state index contributed by atoms with van der Waals surface area (Å²) in [5, 5.41) is 9.33. The predicted molar refractivity (Wildman–Crippen MR) is 73.6 cm³/mol. The molecule has 4 nitrogen and oxygen atoms in total. The number of anilines is 1. The highest BCUT2D eigenvalue weighted by Crippen LogP contribution is 2.26. The summed E-state index contributed by atoms with van der Waals surface area (Å²) in [6, 6.07) is 8.98. The molecule has 6 heteroatoms. The largest absolute Gasteiger partial charge is 0.487 e. The molecule has 0 aliphatic carbocycles. The van der Waals surface area contributed by atoms with Crippen LogP contribution in [-0.4, -0.2) is 11.1 Å². The molecule has 104 valence electrons. The van der Waals surface area contributed by atoms with Gasteiger partial charge in [-0.3, -0.25) is 0 Å². The van der Waals surface area contributed by atoms with Gasteiger partial charge in [-0.2, -0.15) is 0 Å². The molecule has 20 heavy (non-hydrogen) atoms. The lowest BCUT2D eigenvalue weighted by atomic mass is 10.1. The number of rotatable bonds is 4. The fourth-order valence-electron chi connectivity index (χ4n) is 1.65. The first-order valence-electron chi connectivity index (χ1n) is 5.67. The number of hydrogen-bond acceptors (Lipinski definition) is 3. The third-order valence-electron chi connectivity index (χ3n) is 2.61. The lowest BCUT2D eigenvalue weighted by Gasteiger charge is -2.10. The van der Waals surface area contributed by atoms with Crippen molar-refractivity contribution in [3.05, 3.63) is 58.4 Å². The van der Waals surface area contributed by atoms with E-state index in [-0.39, 0.29) is 18.0 Å². The summed E-state index contributed by atoms with van der Waals surface area (Å²) >= 11 is 5.83. The minimum Gasteiger partial charge on any atom is -0.487 e. The number of carboxylic acids is 1. The molecule has 0 fully saturated rings. The van der Waals surface area contributed by atoms with Crippen molar-refractivity contribution in [3.63, 3.8) is 0 Å². The normalized spacial score (nSPS) is 10.3. The van der Waals surface area contributed by atoms with E-state index in [2.05, 4.69) is 0 Å². The zero-order valence-corrected chi connectivity index (χ0v) is 11.0. The van der Waals surface area contributed by atoms with Gasteiger partial charge in [-0.15, -0.1) is 0 Å². The van der Waals surface area contributed by atoms with Gasteiger partial charge in [0.15, 0.2) is 0 Å². The SMILES string of the molecule is Nc1cc(C(=O)O)c(F)cc1OCc1cccc(Cl)c1. The second-order valence-corrected chi connectivity index (χ2v) is 4.53. The van der Waals surface area contributed by atoms with E-state index >= 15 is 0 Å². The number of halogens is 2. The Morgan fingerprint density at radius 1 is 1.35 bits per heavy atom. The highest BCUT2D eigenvalue weighted by molar-refractivity contribution is 6.30. The first kappa shape index (κ1) is 14.1. The van der Waals surface area contributed by atoms with Crippen molar-refractivity contribution in [2.45, 2.75) is 6.61 Å². The highest BCUT2D eigenvalue weighted by atomic mass is 35.5. The molecule has 0 radical (unpaired) electrons. The van der Waals surface area contributed by atoms with Crippen LogP contribution >= 0.6 is 11.6 Å². The summed E-state index contributed by atoms with van der Waals surface area (Å²) in [6.07, 6.45) is 0. The van der Waals surface area contributed by atoms with Gasteiger partial charge in [0.1, 0.15) is 18.2 Å². The third kappa shape index (κ3) is 3.19. The van der Waals surface area contributed by atoms with Gasteiger partial charge in [0.25, 0.3) is 0 Å². The van der Waals surface area contributed by atoms with Crippen molar-refractivity contribution >= 4 is 23.3 Å². The average molecular weight is 296 g/mol. The van der Waals surface area contributed by atoms with Gasteiger partial charge >= 0.3 is 5.97 Å². The number of nitrogen functional groups attached to an aromatic ring is 1. The van der Waals surface area contributed by atoms with E-state index in [1.807, 2.05) is 0 Å². The fraction of sp³-hybridized carbons (Fsp3) is 0.0714. The quantitative estimate of drug-likeness (QED) is 0.849. The zero-order valence-electron chi connectivity index (χ0n) is 10.3. The molecule has 2 aromatic rings. The minimum absolute atomic E-state index is 0.0610. The second kappa shape index (κ2) is 5.79. The summed E-state index contributed by atoms with van der Waals surface area (Å²) < 4.78 is 18.9. The molecule has 0 aliphatic heterocycles. The van der Waals surface area contributed by atoms with E-state index in [0.717, 1.165) is 17.7 Å². The Balaban J connectivity index is 2.18. The number of hydrogen-bond donors (Lipinski definition) is 2. The Kier molecular flexibility index (Phi) is 4.10. The molecule has 0 saturated heterocycles. The molecule has 0 saturated carbocycles. The molecular formula is C14H11ClFNO3. The van der Waals surface area contributed by atoms with Gasteiger partial charge < -0.3 is 15.6 Å². The van der Waals surface area contributed by atoms with Gasteiger partial charge in [0.05, 0.1) is 11.3 Å². The van der Waals surface area contributed by atoms with Crippen LogP contribution in [0.25, 0.3) is 0 Å². The van der Waals surface area contributed by atoms with Crippen LogP contribution in [0.3, 0.4) is 0 Å². The fourth-order valence-corrected chi connectivity index (χ4v) is 1.86. The topological polar surface area (TPSA) is 72.6 Å². The van der Waals surface area contributed by atoms with Gasteiger partial charge in [-0.05, 0) is 23.8 Å². The molecule has 2 rings (SSSR count). The molecule has 0 unspecified atom stereocenters. The average Bonchev–Trinajstić information content (AvgIpc) is 2.39. The van der Waals surface area contributed by atoms with Crippen molar-refractivity contribution in [1.29, 1.82) is 0 Å². The minimum atomic E-state index is -1.38. The van der Waals surface area contributed by atoms with Crippen LogP contribution in [0.2, 0.25) is 5.02 Å². The summed E-state index contributed by atoms with van der Waals surface area (Å²) in [6.45, 7) is 0.149. The molecule has 0 amide bonds. The standard InChI is InChI=1S/C14H11ClFNO3/c15-9-3-1-2-8(4-9)7-20-13-6-11(16)10(14(18)19)5-12(13)17/h1-6H,7,17H2,(H,18,19). The maximum absolute atomic E-state index is 13.5. The number of carboxylic acid groups (broad SMARTS) is 1. The smallest absolute Gasteiger partial charge is 0.338 e. The number of carbonyl (C=O) groups is 1.